The van der Waals surface area contributed by atoms with Crippen molar-refractivity contribution in [2.45, 2.75) is 32.6 Å². The lowest BCUT2D eigenvalue weighted by Gasteiger charge is -1.89. The van der Waals surface area contributed by atoms with Crippen LogP contribution >= 0.6 is 12.2 Å². The van der Waals surface area contributed by atoms with Crippen LogP contribution in [0.15, 0.2) is 4.99 Å². The Morgan fingerprint density at radius 1 is 1.60 bits per heavy atom. The quantitative estimate of drug-likeness (QED) is 0.385. The second-order valence-electron chi connectivity index (χ2n) is 2.15. The van der Waals surface area contributed by atoms with E-state index in [4.69, 9.17) is 5.73 Å². The summed E-state index contributed by atoms with van der Waals surface area (Å²) < 4.78 is 0. The number of aliphatic imine (C=N–C) groups is 1. The summed E-state index contributed by atoms with van der Waals surface area (Å²) in [5.74, 6) is 0. The zero-order chi connectivity index (χ0) is 7.82. The molecule has 0 saturated heterocycles. The lowest BCUT2D eigenvalue weighted by molar-refractivity contribution is 0.746. The van der Waals surface area contributed by atoms with Gasteiger partial charge < -0.3 is 5.73 Å². The van der Waals surface area contributed by atoms with Gasteiger partial charge in [-0.15, -0.1) is 0 Å². The van der Waals surface area contributed by atoms with Gasteiger partial charge in [-0.2, -0.15) is 0 Å². The Balaban J connectivity index is 3.10. The van der Waals surface area contributed by atoms with Gasteiger partial charge in [0.2, 0.25) is 0 Å². The second-order valence-corrected chi connectivity index (χ2v) is 2.56. The Bertz CT molecular complexity index is 121. The zero-order valence-electron chi connectivity index (χ0n) is 6.34. The minimum atomic E-state index is 0.233. The van der Waals surface area contributed by atoms with E-state index in [9.17, 15) is 0 Å². The molecule has 0 unspecified atom stereocenters. The summed E-state index contributed by atoms with van der Waals surface area (Å²) in [4.78, 5) is 3.78. The first-order valence-corrected chi connectivity index (χ1v) is 4.00. The van der Waals surface area contributed by atoms with E-state index in [-0.39, 0.29) is 5.11 Å². The molecular weight excluding hydrogens is 144 g/mol. The minimum Gasteiger partial charge on any atom is -0.374 e. The van der Waals surface area contributed by atoms with Gasteiger partial charge in [-0.3, -0.25) is 0 Å². The molecule has 0 aromatic carbocycles. The Labute approximate surface area is 67.5 Å². The van der Waals surface area contributed by atoms with Crippen molar-refractivity contribution < 1.29 is 0 Å². The maximum absolute atomic E-state index is 5.14. The van der Waals surface area contributed by atoms with Crippen molar-refractivity contribution in [3.05, 3.63) is 0 Å². The van der Waals surface area contributed by atoms with Crippen molar-refractivity contribution in [3.8, 4) is 0 Å². The molecule has 0 fully saturated rings. The fourth-order valence-electron chi connectivity index (χ4n) is 0.640. The van der Waals surface area contributed by atoms with Gasteiger partial charge in [0.05, 0.1) is 0 Å². The smallest absolute Gasteiger partial charge is 0.189 e. The van der Waals surface area contributed by atoms with Crippen molar-refractivity contribution in [2.75, 3.05) is 0 Å². The second kappa shape index (κ2) is 6.68. The van der Waals surface area contributed by atoms with Gasteiger partial charge in [0.25, 0.3) is 0 Å². The molecule has 3 heteroatoms. The van der Waals surface area contributed by atoms with Gasteiger partial charge >= 0.3 is 0 Å². The summed E-state index contributed by atoms with van der Waals surface area (Å²) >= 11 is 4.55. The molecule has 2 N–H and O–H groups in total. The third kappa shape index (κ3) is 7.56. The van der Waals surface area contributed by atoms with Crippen LogP contribution in [0.3, 0.4) is 0 Å². The molecule has 0 spiro atoms. The van der Waals surface area contributed by atoms with E-state index >= 15 is 0 Å². The number of hydrogen-bond donors (Lipinski definition) is 1. The predicted octanol–water partition coefficient (Wildman–Crippen LogP) is 1.88. The summed E-state index contributed by atoms with van der Waals surface area (Å²) in [5, 5.41) is 0.233. The minimum absolute atomic E-state index is 0.233. The number of nitrogens with zero attached hydrogens (tertiary/aromatic N) is 1. The van der Waals surface area contributed by atoms with Crippen molar-refractivity contribution in [1.29, 1.82) is 0 Å². The van der Waals surface area contributed by atoms with E-state index in [1.54, 1.807) is 6.21 Å². The first-order chi connectivity index (χ1) is 4.77. The lowest BCUT2D eigenvalue weighted by atomic mass is 10.2. The molecule has 0 aliphatic heterocycles. The number of nitrogens with two attached hydrogens (primary N) is 1. The van der Waals surface area contributed by atoms with Gasteiger partial charge in [0.1, 0.15) is 0 Å². The van der Waals surface area contributed by atoms with E-state index < -0.39 is 0 Å². The molecule has 0 saturated carbocycles. The Kier molecular flexibility index (Phi) is 6.38. The molecule has 0 aromatic heterocycles. The molecule has 0 aliphatic rings. The van der Waals surface area contributed by atoms with E-state index in [0.29, 0.717) is 0 Å². The highest BCUT2D eigenvalue weighted by atomic mass is 32.1. The van der Waals surface area contributed by atoms with Gasteiger partial charge in [0.15, 0.2) is 5.11 Å². The Morgan fingerprint density at radius 2 is 2.30 bits per heavy atom. The number of thiocarbonyl (C=S) groups is 1. The van der Waals surface area contributed by atoms with Crippen molar-refractivity contribution in [1.82, 2.24) is 0 Å². The standard InChI is InChI=1S/C7H14N2S/c1-2-3-4-5-6-9-7(8)10/h6H,2-5H2,1H3,(H2,8,10). The molecule has 0 aliphatic carbocycles. The van der Waals surface area contributed by atoms with E-state index in [1.807, 2.05) is 0 Å². The third-order valence-electron chi connectivity index (χ3n) is 1.16. The normalized spacial score (nSPS) is 10.5. The van der Waals surface area contributed by atoms with Gasteiger partial charge in [-0.1, -0.05) is 19.8 Å². The topological polar surface area (TPSA) is 38.4 Å². The van der Waals surface area contributed by atoms with Gasteiger partial charge in [-0.05, 0) is 25.1 Å². The highest BCUT2D eigenvalue weighted by molar-refractivity contribution is 7.80. The molecule has 0 amide bonds. The van der Waals surface area contributed by atoms with E-state index in [2.05, 4.69) is 24.1 Å². The highest BCUT2D eigenvalue weighted by Gasteiger charge is 1.82. The monoisotopic (exact) mass is 158 g/mol. The van der Waals surface area contributed by atoms with Crippen LogP contribution in [0.4, 0.5) is 0 Å². The maximum Gasteiger partial charge on any atom is 0.189 e. The van der Waals surface area contributed by atoms with Crippen LogP contribution in [0.1, 0.15) is 32.6 Å². The molecular formula is C7H14N2S. The third-order valence-corrected chi connectivity index (χ3v) is 1.26. The van der Waals surface area contributed by atoms with Crippen LogP contribution in [-0.2, 0) is 0 Å². The summed E-state index contributed by atoms with van der Waals surface area (Å²) in [7, 11) is 0. The number of hydrogen-bond acceptors (Lipinski definition) is 1. The molecule has 0 aromatic rings. The van der Waals surface area contributed by atoms with E-state index in [0.717, 1.165) is 6.42 Å². The van der Waals surface area contributed by atoms with Crippen molar-refractivity contribution in [3.63, 3.8) is 0 Å². The van der Waals surface area contributed by atoms with Crippen molar-refractivity contribution >= 4 is 23.5 Å². The molecule has 0 atom stereocenters. The number of unbranched alkanes of at least 4 members (excludes halogenated alkanes) is 3. The lowest BCUT2D eigenvalue weighted by Crippen LogP contribution is -2.03. The number of rotatable bonds is 4. The molecule has 0 bridgehead atoms. The molecule has 58 valence electrons. The Hall–Kier alpha value is -0.440. The summed E-state index contributed by atoms with van der Waals surface area (Å²) in [6.45, 7) is 2.17. The summed E-state index contributed by atoms with van der Waals surface area (Å²) in [6, 6.07) is 0. The van der Waals surface area contributed by atoms with Crippen molar-refractivity contribution in [2.24, 2.45) is 10.7 Å². The van der Waals surface area contributed by atoms with Gasteiger partial charge in [0, 0.05) is 6.21 Å². The highest BCUT2D eigenvalue weighted by Crippen LogP contribution is 1.95. The summed E-state index contributed by atoms with van der Waals surface area (Å²) in [6.07, 6.45) is 6.45. The van der Waals surface area contributed by atoms with Crippen LogP contribution in [0, 0.1) is 0 Å². The average molecular weight is 158 g/mol. The predicted molar refractivity (Wildman–Crippen MR) is 49.4 cm³/mol. The average Bonchev–Trinajstić information content (AvgIpc) is 1.87. The fraction of sp³-hybridized carbons (Fsp3) is 0.714. The van der Waals surface area contributed by atoms with Crippen LogP contribution in [0.5, 0.6) is 0 Å². The molecule has 0 heterocycles. The zero-order valence-corrected chi connectivity index (χ0v) is 7.16. The Morgan fingerprint density at radius 3 is 2.80 bits per heavy atom. The van der Waals surface area contributed by atoms with Crippen LogP contribution in [0.25, 0.3) is 0 Å². The van der Waals surface area contributed by atoms with Gasteiger partial charge in [-0.25, -0.2) is 4.99 Å². The SMILES string of the molecule is CCCCCC=NC(N)=S. The fourth-order valence-corrected chi connectivity index (χ4v) is 0.715. The summed E-state index contributed by atoms with van der Waals surface area (Å²) in [5.41, 5.74) is 5.14. The molecule has 2 nitrogen and oxygen atoms in total. The van der Waals surface area contributed by atoms with Crippen LogP contribution in [0.2, 0.25) is 0 Å². The van der Waals surface area contributed by atoms with Crippen LogP contribution < -0.4 is 5.73 Å². The molecule has 0 rings (SSSR count). The molecule has 0 radical (unpaired) electrons. The first-order valence-electron chi connectivity index (χ1n) is 3.59. The maximum atomic E-state index is 5.14. The first kappa shape index (κ1) is 9.56. The van der Waals surface area contributed by atoms with E-state index in [1.165, 1.54) is 19.3 Å². The molecule has 10 heavy (non-hydrogen) atoms. The van der Waals surface area contributed by atoms with Crippen LogP contribution in [-0.4, -0.2) is 11.3 Å². The largest absolute Gasteiger partial charge is 0.374 e.